The molecule has 0 amide bonds. The Labute approximate surface area is 86.5 Å². The quantitative estimate of drug-likeness (QED) is 0.509. The molecule has 0 aliphatic heterocycles. The average Bonchev–Trinajstić information content (AvgIpc) is 2.14. The number of rotatable bonds is 7. The van der Waals surface area contributed by atoms with Crippen molar-refractivity contribution in [2.45, 2.75) is 59.2 Å². The predicted octanol–water partition coefficient (Wildman–Crippen LogP) is 2.47. The Kier molecular flexibility index (Phi) is 7.48. The summed E-state index contributed by atoms with van der Waals surface area (Å²) in [5.41, 5.74) is 0. The van der Waals surface area contributed by atoms with Gasteiger partial charge in [-0.1, -0.05) is 33.6 Å². The lowest BCUT2D eigenvalue weighted by atomic mass is 10.0. The molecule has 0 aromatic carbocycles. The van der Waals surface area contributed by atoms with Gasteiger partial charge < -0.3 is 9.84 Å². The van der Waals surface area contributed by atoms with Gasteiger partial charge in [0.2, 0.25) is 6.29 Å². The molecular weight excluding hydrogens is 180 g/mol. The second kappa shape index (κ2) is 7.80. The summed E-state index contributed by atoms with van der Waals surface area (Å²) in [7, 11) is 0. The van der Waals surface area contributed by atoms with Crippen molar-refractivity contribution in [2.75, 3.05) is 0 Å². The molecule has 1 N–H and O–H groups in total. The van der Waals surface area contributed by atoms with E-state index in [4.69, 9.17) is 4.74 Å². The fourth-order valence-corrected chi connectivity index (χ4v) is 1.37. The first-order chi connectivity index (χ1) is 6.65. The van der Waals surface area contributed by atoms with Crippen LogP contribution in [0.4, 0.5) is 0 Å². The van der Waals surface area contributed by atoms with Gasteiger partial charge in [-0.15, -0.1) is 0 Å². The zero-order valence-corrected chi connectivity index (χ0v) is 9.45. The maximum absolute atomic E-state index is 11.5. The number of hydrogen-bond acceptors (Lipinski definition) is 3. The maximum Gasteiger partial charge on any atom is 0.311 e. The molecule has 0 heterocycles. The summed E-state index contributed by atoms with van der Waals surface area (Å²) < 4.78 is 4.91. The molecule has 0 aromatic rings. The Morgan fingerprint density at radius 2 is 1.79 bits per heavy atom. The van der Waals surface area contributed by atoms with Crippen molar-refractivity contribution in [3.8, 4) is 0 Å². The van der Waals surface area contributed by atoms with E-state index in [0.29, 0.717) is 6.42 Å². The van der Waals surface area contributed by atoms with E-state index in [1.807, 2.05) is 20.8 Å². The molecule has 0 saturated carbocycles. The van der Waals surface area contributed by atoms with E-state index < -0.39 is 6.29 Å². The summed E-state index contributed by atoms with van der Waals surface area (Å²) in [6.07, 6.45) is 3.02. The van der Waals surface area contributed by atoms with Crippen molar-refractivity contribution in [1.29, 1.82) is 0 Å². The number of esters is 1. The van der Waals surface area contributed by atoms with E-state index in [0.717, 1.165) is 25.7 Å². The van der Waals surface area contributed by atoms with Crippen molar-refractivity contribution >= 4 is 5.97 Å². The van der Waals surface area contributed by atoms with Crippen LogP contribution in [-0.2, 0) is 9.53 Å². The van der Waals surface area contributed by atoms with Gasteiger partial charge in [-0.2, -0.15) is 0 Å². The van der Waals surface area contributed by atoms with Gasteiger partial charge in [0.05, 0.1) is 5.92 Å². The van der Waals surface area contributed by atoms with Gasteiger partial charge in [-0.05, 0) is 12.8 Å². The number of ether oxygens (including phenoxy) is 1. The number of aliphatic hydroxyl groups is 1. The van der Waals surface area contributed by atoms with Crippen LogP contribution in [-0.4, -0.2) is 17.4 Å². The van der Waals surface area contributed by atoms with Gasteiger partial charge in [0, 0.05) is 6.42 Å². The highest BCUT2D eigenvalue weighted by atomic mass is 16.6. The van der Waals surface area contributed by atoms with Crippen molar-refractivity contribution in [2.24, 2.45) is 5.92 Å². The summed E-state index contributed by atoms with van der Waals surface area (Å²) in [5.74, 6) is -0.304. The lowest BCUT2D eigenvalue weighted by Crippen LogP contribution is -2.23. The molecule has 0 spiro atoms. The lowest BCUT2D eigenvalue weighted by Gasteiger charge is -2.16. The first-order valence-electron chi connectivity index (χ1n) is 5.54. The number of hydrogen-bond donors (Lipinski definition) is 1. The molecule has 0 aromatic heterocycles. The number of carbonyl (C=O) groups is 1. The van der Waals surface area contributed by atoms with Crippen LogP contribution in [0.1, 0.15) is 52.9 Å². The van der Waals surface area contributed by atoms with Gasteiger partial charge in [-0.25, -0.2) is 0 Å². The van der Waals surface area contributed by atoms with E-state index in [2.05, 4.69) is 0 Å². The minimum absolute atomic E-state index is 0.0495. The molecule has 0 bridgehead atoms. The van der Waals surface area contributed by atoms with Crippen molar-refractivity contribution in [3.63, 3.8) is 0 Å². The molecule has 14 heavy (non-hydrogen) atoms. The van der Waals surface area contributed by atoms with Crippen LogP contribution in [0.25, 0.3) is 0 Å². The second-order valence-corrected chi connectivity index (χ2v) is 3.57. The Morgan fingerprint density at radius 3 is 2.21 bits per heavy atom. The SMILES string of the molecule is CCCC(O)OC(=O)C(CC)CCC. The molecule has 2 atom stereocenters. The normalized spacial score (nSPS) is 14.9. The van der Waals surface area contributed by atoms with Crippen LogP contribution in [0, 0.1) is 5.92 Å². The fraction of sp³-hybridized carbons (Fsp3) is 0.909. The smallest absolute Gasteiger partial charge is 0.311 e. The summed E-state index contributed by atoms with van der Waals surface area (Å²) in [4.78, 5) is 11.5. The molecule has 0 aliphatic rings. The Bertz CT molecular complexity index is 157. The third kappa shape index (κ3) is 5.22. The number of aliphatic hydroxyl groups excluding tert-OH is 1. The Balaban J connectivity index is 3.90. The van der Waals surface area contributed by atoms with Crippen LogP contribution < -0.4 is 0 Å². The van der Waals surface area contributed by atoms with Crippen molar-refractivity contribution < 1.29 is 14.6 Å². The van der Waals surface area contributed by atoms with Crippen LogP contribution in [0.15, 0.2) is 0 Å². The molecule has 84 valence electrons. The largest absolute Gasteiger partial charge is 0.436 e. The molecule has 3 heteroatoms. The first-order valence-corrected chi connectivity index (χ1v) is 5.54. The zero-order chi connectivity index (χ0) is 11.0. The predicted molar refractivity (Wildman–Crippen MR) is 55.7 cm³/mol. The second-order valence-electron chi connectivity index (χ2n) is 3.57. The molecular formula is C11H22O3. The van der Waals surface area contributed by atoms with Gasteiger partial charge in [0.25, 0.3) is 0 Å². The molecule has 2 unspecified atom stereocenters. The fourth-order valence-electron chi connectivity index (χ4n) is 1.37. The van der Waals surface area contributed by atoms with Gasteiger partial charge in [0.15, 0.2) is 0 Å². The summed E-state index contributed by atoms with van der Waals surface area (Å²) in [6, 6.07) is 0. The van der Waals surface area contributed by atoms with Crippen LogP contribution in [0.3, 0.4) is 0 Å². The average molecular weight is 202 g/mol. The Morgan fingerprint density at radius 1 is 1.21 bits per heavy atom. The molecule has 0 rings (SSSR count). The molecule has 0 fully saturated rings. The minimum atomic E-state index is -0.918. The minimum Gasteiger partial charge on any atom is -0.436 e. The van der Waals surface area contributed by atoms with Crippen LogP contribution >= 0.6 is 0 Å². The zero-order valence-electron chi connectivity index (χ0n) is 9.45. The highest BCUT2D eigenvalue weighted by Gasteiger charge is 2.19. The monoisotopic (exact) mass is 202 g/mol. The molecule has 0 saturated heterocycles. The standard InChI is InChI=1S/C11H22O3/c1-4-7-9(6-3)11(13)14-10(12)8-5-2/h9-10,12H,4-8H2,1-3H3. The number of carbonyl (C=O) groups excluding carboxylic acids is 1. The molecule has 0 aliphatic carbocycles. The van der Waals surface area contributed by atoms with E-state index in [1.165, 1.54) is 0 Å². The third-order valence-electron chi connectivity index (χ3n) is 2.25. The summed E-state index contributed by atoms with van der Waals surface area (Å²) >= 11 is 0. The summed E-state index contributed by atoms with van der Waals surface area (Å²) in [5, 5.41) is 9.29. The van der Waals surface area contributed by atoms with Crippen LogP contribution in [0.5, 0.6) is 0 Å². The lowest BCUT2D eigenvalue weighted by molar-refractivity contribution is -0.174. The summed E-state index contributed by atoms with van der Waals surface area (Å²) in [6.45, 7) is 5.95. The topological polar surface area (TPSA) is 46.5 Å². The van der Waals surface area contributed by atoms with E-state index >= 15 is 0 Å². The van der Waals surface area contributed by atoms with E-state index in [9.17, 15) is 9.90 Å². The maximum atomic E-state index is 11.5. The van der Waals surface area contributed by atoms with Gasteiger partial charge >= 0.3 is 5.97 Å². The molecule has 3 nitrogen and oxygen atoms in total. The third-order valence-corrected chi connectivity index (χ3v) is 2.25. The highest BCUT2D eigenvalue weighted by Crippen LogP contribution is 2.14. The molecule has 0 radical (unpaired) electrons. The van der Waals surface area contributed by atoms with Gasteiger partial charge in [0.1, 0.15) is 0 Å². The van der Waals surface area contributed by atoms with Crippen molar-refractivity contribution in [3.05, 3.63) is 0 Å². The first kappa shape index (κ1) is 13.4. The van der Waals surface area contributed by atoms with Crippen molar-refractivity contribution in [1.82, 2.24) is 0 Å². The van der Waals surface area contributed by atoms with Gasteiger partial charge in [-0.3, -0.25) is 4.79 Å². The highest BCUT2D eigenvalue weighted by molar-refractivity contribution is 5.72. The Hall–Kier alpha value is -0.570. The van der Waals surface area contributed by atoms with E-state index in [-0.39, 0.29) is 11.9 Å². The van der Waals surface area contributed by atoms with Crippen LogP contribution in [0.2, 0.25) is 0 Å². The van der Waals surface area contributed by atoms with E-state index in [1.54, 1.807) is 0 Å².